The third kappa shape index (κ3) is 2.66. The molecule has 2 heterocycles. The largest absolute Gasteiger partial charge is 0.508 e. The first-order chi connectivity index (χ1) is 13.6. The zero-order chi connectivity index (χ0) is 19.3. The number of phenols is 1. The molecule has 1 aromatic heterocycles. The van der Waals surface area contributed by atoms with Gasteiger partial charge in [-0.15, -0.1) is 0 Å². The lowest BCUT2D eigenvalue weighted by atomic mass is 9.81. The number of benzene rings is 2. The van der Waals surface area contributed by atoms with Crippen LogP contribution in [-0.4, -0.2) is 27.4 Å². The number of aromatic hydroxyl groups is 1. The Hall–Kier alpha value is -3.21. The van der Waals surface area contributed by atoms with Crippen LogP contribution in [0.2, 0.25) is 0 Å². The number of aromatic nitrogens is 2. The molecule has 1 N–H and O–H groups in total. The highest BCUT2D eigenvalue weighted by molar-refractivity contribution is 6.00. The second kappa shape index (κ2) is 6.44. The molecule has 5 nitrogen and oxygen atoms in total. The minimum absolute atomic E-state index is 0.0559. The smallest absolute Gasteiger partial charge is 0.230 e. The number of ketones is 1. The van der Waals surface area contributed by atoms with Crippen LogP contribution < -0.4 is 4.90 Å². The monoisotopic (exact) mass is 371 g/mol. The fourth-order valence-corrected chi connectivity index (χ4v) is 4.48. The summed E-state index contributed by atoms with van der Waals surface area (Å²) in [6.45, 7) is 2.73. The molecule has 0 saturated heterocycles. The average Bonchev–Trinajstić information content (AvgIpc) is 3.12. The standard InChI is InChI=1S/C23H21N3O2/c1-14-22-18(12-16(13-21(22)28)17-7-3-5-9-20(17)27)25-23(24-14)26-11-10-15-6-2-4-8-19(15)26/h2-9,16,27H,10-13H2,1H3/t16-/m0/s1. The summed E-state index contributed by atoms with van der Waals surface area (Å²) in [5.41, 5.74) is 5.43. The van der Waals surface area contributed by atoms with Gasteiger partial charge >= 0.3 is 0 Å². The molecule has 0 saturated carbocycles. The SMILES string of the molecule is Cc1nc(N2CCc3ccccc32)nc2c1C(=O)C[C@@H](c1ccccc1O)C2. The van der Waals surface area contributed by atoms with Gasteiger partial charge in [-0.05, 0) is 43.0 Å². The van der Waals surface area contributed by atoms with Crippen LogP contribution in [0.1, 0.15) is 45.2 Å². The molecule has 28 heavy (non-hydrogen) atoms. The van der Waals surface area contributed by atoms with E-state index in [-0.39, 0.29) is 17.5 Å². The van der Waals surface area contributed by atoms with E-state index in [9.17, 15) is 9.90 Å². The first-order valence-electron chi connectivity index (χ1n) is 9.66. The lowest BCUT2D eigenvalue weighted by Crippen LogP contribution is -2.25. The quantitative estimate of drug-likeness (QED) is 0.735. The molecule has 5 rings (SSSR count). The summed E-state index contributed by atoms with van der Waals surface area (Å²) >= 11 is 0. The predicted octanol–water partition coefficient (Wildman–Crippen LogP) is 4.10. The summed E-state index contributed by atoms with van der Waals surface area (Å²) in [6.07, 6.45) is 1.97. The molecule has 0 spiro atoms. The van der Waals surface area contributed by atoms with Gasteiger partial charge in [0.15, 0.2) is 5.78 Å². The van der Waals surface area contributed by atoms with Crippen LogP contribution >= 0.6 is 0 Å². The first kappa shape index (κ1) is 16.9. The van der Waals surface area contributed by atoms with Crippen molar-refractivity contribution in [2.24, 2.45) is 0 Å². The Morgan fingerprint density at radius 1 is 1.04 bits per heavy atom. The molecule has 140 valence electrons. The predicted molar refractivity (Wildman–Crippen MR) is 107 cm³/mol. The summed E-state index contributed by atoms with van der Waals surface area (Å²) in [7, 11) is 0. The van der Waals surface area contributed by atoms with Crippen LogP contribution in [0.25, 0.3) is 0 Å². The molecule has 2 aromatic carbocycles. The number of para-hydroxylation sites is 2. The number of fused-ring (bicyclic) bond motifs is 2. The molecular formula is C23H21N3O2. The second-order valence-corrected chi connectivity index (χ2v) is 7.55. The Bertz CT molecular complexity index is 1090. The Kier molecular flexibility index (Phi) is 3.90. The fourth-order valence-electron chi connectivity index (χ4n) is 4.48. The van der Waals surface area contributed by atoms with Crippen LogP contribution in [0, 0.1) is 6.92 Å². The van der Waals surface area contributed by atoms with Crippen LogP contribution in [-0.2, 0) is 12.8 Å². The number of nitrogens with zero attached hydrogens (tertiary/aromatic N) is 3. The number of rotatable bonds is 2. The van der Waals surface area contributed by atoms with Crippen LogP contribution in [0.5, 0.6) is 5.75 Å². The number of aryl methyl sites for hydroxylation is 1. The third-order valence-corrected chi connectivity index (χ3v) is 5.81. The number of hydrogen-bond acceptors (Lipinski definition) is 5. The van der Waals surface area contributed by atoms with E-state index < -0.39 is 0 Å². The van der Waals surface area contributed by atoms with Gasteiger partial charge in [-0.25, -0.2) is 9.97 Å². The van der Waals surface area contributed by atoms with E-state index in [0.717, 1.165) is 35.6 Å². The highest BCUT2D eigenvalue weighted by atomic mass is 16.3. The second-order valence-electron chi connectivity index (χ2n) is 7.55. The average molecular weight is 371 g/mol. The van der Waals surface area contributed by atoms with Crippen LogP contribution in [0.4, 0.5) is 11.6 Å². The van der Waals surface area contributed by atoms with Crippen molar-refractivity contribution in [2.45, 2.75) is 32.1 Å². The maximum atomic E-state index is 12.9. The molecule has 0 bridgehead atoms. The van der Waals surface area contributed by atoms with Gasteiger partial charge in [0.2, 0.25) is 5.95 Å². The van der Waals surface area contributed by atoms with E-state index in [0.29, 0.717) is 24.4 Å². The first-order valence-corrected chi connectivity index (χ1v) is 9.66. The van der Waals surface area contributed by atoms with Gasteiger partial charge in [0.05, 0.1) is 17.0 Å². The van der Waals surface area contributed by atoms with E-state index in [4.69, 9.17) is 4.98 Å². The van der Waals surface area contributed by atoms with Gasteiger partial charge in [-0.1, -0.05) is 36.4 Å². The fraction of sp³-hybridized carbons (Fsp3) is 0.261. The summed E-state index contributed by atoms with van der Waals surface area (Å²) < 4.78 is 0. The van der Waals surface area contributed by atoms with Crippen LogP contribution in [0.15, 0.2) is 48.5 Å². The number of carbonyl (C=O) groups is 1. The number of carbonyl (C=O) groups excluding carboxylic acids is 1. The third-order valence-electron chi connectivity index (χ3n) is 5.81. The van der Waals surface area contributed by atoms with Gasteiger partial charge in [0, 0.05) is 24.6 Å². The van der Waals surface area contributed by atoms with E-state index in [1.807, 2.05) is 25.1 Å². The molecule has 1 atom stereocenters. The lowest BCUT2D eigenvalue weighted by molar-refractivity contribution is 0.0961. The number of hydrogen-bond donors (Lipinski definition) is 1. The van der Waals surface area contributed by atoms with Crippen molar-refractivity contribution in [3.8, 4) is 5.75 Å². The van der Waals surface area contributed by atoms with E-state index in [1.54, 1.807) is 12.1 Å². The number of phenolic OH excluding ortho intramolecular Hbond substituents is 1. The van der Waals surface area contributed by atoms with Crippen molar-refractivity contribution in [3.05, 3.63) is 76.6 Å². The van der Waals surface area contributed by atoms with E-state index >= 15 is 0 Å². The van der Waals surface area contributed by atoms with E-state index in [2.05, 4.69) is 28.1 Å². The Morgan fingerprint density at radius 2 is 1.82 bits per heavy atom. The van der Waals surface area contributed by atoms with Crippen molar-refractivity contribution in [2.75, 3.05) is 11.4 Å². The van der Waals surface area contributed by atoms with Crippen molar-refractivity contribution < 1.29 is 9.90 Å². The van der Waals surface area contributed by atoms with Crippen molar-refractivity contribution in [1.29, 1.82) is 0 Å². The molecule has 0 fully saturated rings. The maximum Gasteiger partial charge on any atom is 0.230 e. The Balaban J connectivity index is 1.56. The molecule has 5 heteroatoms. The summed E-state index contributed by atoms with van der Waals surface area (Å²) in [4.78, 5) is 24.5. The molecule has 1 aliphatic heterocycles. The van der Waals surface area contributed by atoms with Crippen molar-refractivity contribution >= 4 is 17.4 Å². The molecule has 3 aromatic rings. The summed E-state index contributed by atoms with van der Waals surface area (Å²) in [6, 6.07) is 15.6. The molecule has 0 unspecified atom stereocenters. The minimum Gasteiger partial charge on any atom is -0.508 e. The zero-order valence-electron chi connectivity index (χ0n) is 15.7. The highest BCUT2D eigenvalue weighted by Gasteiger charge is 2.32. The summed E-state index contributed by atoms with van der Waals surface area (Å²) in [5, 5.41) is 10.2. The lowest BCUT2D eigenvalue weighted by Gasteiger charge is -2.26. The number of Topliss-reactive ketones (excluding diaryl/α,β-unsaturated/α-hetero) is 1. The number of anilines is 2. The Labute approximate surface area is 163 Å². The van der Waals surface area contributed by atoms with Crippen LogP contribution in [0.3, 0.4) is 0 Å². The Morgan fingerprint density at radius 3 is 2.68 bits per heavy atom. The maximum absolute atomic E-state index is 12.9. The van der Waals surface area contributed by atoms with E-state index in [1.165, 1.54) is 5.56 Å². The van der Waals surface area contributed by atoms with Gasteiger partial charge in [0.25, 0.3) is 0 Å². The molecular weight excluding hydrogens is 350 g/mol. The molecule has 0 radical (unpaired) electrons. The minimum atomic E-state index is -0.0609. The molecule has 2 aliphatic rings. The zero-order valence-corrected chi connectivity index (χ0v) is 15.7. The molecule has 1 aliphatic carbocycles. The molecule has 0 amide bonds. The normalized spacial score (nSPS) is 18.1. The van der Waals surface area contributed by atoms with Gasteiger partial charge < -0.3 is 10.0 Å². The van der Waals surface area contributed by atoms with Gasteiger partial charge in [0.1, 0.15) is 5.75 Å². The van der Waals surface area contributed by atoms with Gasteiger partial charge in [-0.3, -0.25) is 4.79 Å². The van der Waals surface area contributed by atoms with Gasteiger partial charge in [-0.2, -0.15) is 0 Å². The highest BCUT2D eigenvalue weighted by Crippen LogP contribution is 2.38. The van der Waals surface area contributed by atoms with Crippen molar-refractivity contribution in [1.82, 2.24) is 9.97 Å². The summed E-state index contributed by atoms with van der Waals surface area (Å²) in [5.74, 6) is 0.893. The topological polar surface area (TPSA) is 66.3 Å². The van der Waals surface area contributed by atoms with Crippen molar-refractivity contribution in [3.63, 3.8) is 0 Å².